The third-order valence-electron chi connectivity index (χ3n) is 4.23. The Morgan fingerprint density at radius 3 is 2.42 bits per heavy atom. The molecule has 1 fully saturated rings. The standard InChI is InChI=1S/C20H23NO2S/c1-15(18-13-8-14-23-18)21-20(22)19(16-9-4-2-5-10-16)24-17-11-6-3-7-12-17/h2-7,9-12,15,18-19H,8,13-14H2,1H3,(H,21,22)/t15-,18-,19-/m1/s1. The number of amides is 1. The van der Waals surface area contributed by atoms with Crippen LogP contribution in [0.5, 0.6) is 0 Å². The molecule has 3 rings (SSSR count). The number of hydrogen-bond donors (Lipinski definition) is 1. The summed E-state index contributed by atoms with van der Waals surface area (Å²) in [5.74, 6) is 0.0399. The van der Waals surface area contributed by atoms with Crippen molar-refractivity contribution in [3.05, 3.63) is 66.2 Å². The first kappa shape index (κ1) is 17.1. The minimum Gasteiger partial charge on any atom is -0.376 e. The maximum absolute atomic E-state index is 12.9. The Morgan fingerprint density at radius 1 is 1.12 bits per heavy atom. The molecule has 2 aromatic carbocycles. The molecular formula is C20H23NO2S. The Kier molecular flexibility index (Phi) is 5.94. The maximum Gasteiger partial charge on any atom is 0.238 e. The second-order valence-electron chi connectivity index (χ2n) is 6.07. The molecule has 3 atom stereocenters. The summed E-state index contributed by atoms with van der Waals surface area (Å²) >= 11 is 1.58. The van der Waals surface area contributed by atoms with Crippen LogP contribution < -0.4 is 5.32 Å². The number of carbonyl (C=O) groups is 1. The van der Waals surface area contributed by atoms with Crippen molar-refractivity contribution in [2.24, 2.45) is 0 Å². The van der Waals surface area contributed by atoms with Gasteiger partial charge in [-0.25, -0.2) is 0 Å². The van der Waals surface area contributed by atoms with E-state index in [1.54, 1.807) is 11.8 Å². The van der Waals surface area contributed by atoms with Gasteiger partial charge in [0.1, 0.15) is 5.25 Å². The first-order chi connectivity index (χ1) is 11.7. The van der Waals surface area contributed by atoms with Gasteiger partial charge in [0.2, 0.25) is 5.91 Å². The van der Waals surface area contributed by atoms with E-state index in [4.69, 9.17) is 4.74 Å². The third-order valence-corrected chi connectivity index (χ3v) is 5.50. The Balaban J connectivity index is 1.74. The van der Waals surface area contributed by atoms with Gasteiger partial charge in [0.15, 0.2) is 0 Å². The molecule has 0 unspecified atom stereocenters. The molecule has 0 saturated carbocycles. The van der Waals surface area contributed by atoms with Gasteiger partial charge in [-0.2, -0.15) is 0 Å². The summed E-state index contributed by atoms with van der Waals surface area (Å²) in [5.41, 5.74) is 1.02. The van der Waals surface area contributed by atoms with Crippen LogP contribution in [0, 0.1) is 0 Å². The quantitative estimate of drug-likeness (QED) is 0.800. The monoisotopic (exact) mass is 341 g/mol. The summed E-state index contributed by atoms with van der Waals surface area (Å²) < 4.78 is 5.70. The van der Waals surface area contributed by atoms with Crippen molar-refractivity contribution in [2.45, 2.75) is 42.1 Å². The van der Waals surface area contributed by atoms with Crippen molar-refractivity contribution in [1.82, 2.24) is 5.32 Å². The molecule has 126 valence electrons. The Morgan fingerprint density at radius 2 is 1.79 bits per heavy atom. The fourth-order valence-corrected chi connectivity index (χ4v) is 3.98. The second kappa shape index (κ2) is 8.36. The number of hydrogen-bond acceptors (Lipinski definition) is 3. The molecule has 1 saturated heterocycles. The predicted octanol–water partition coefficient (Wildman–Crippen LogP) is 4.20. The van der Waals surface area contributed by atoms with Crippen molar-refractivity contribution in [1.29, 1.82) is 0 Å². The van der Waals surface area contributed by atoms with Crippen LogP contribution in [-0.2, 0) is 9.53 Å². The van der Waals surface area contributed by atoms with Crippen LogP contribution in [0.3, 0.4) is 0 Å². The fourth-order valence-electron chi connectivity index (χ4n) is 2.93. The molecule has 0 spiro atoms. The highest BCUT2D eigenvalue weighted by molar-refractivity contribution is 8.00. The smallest absolute Gasteiger partial charge is 0.238 e. The molecule has 1 N–H and O–H groups in total. The maximum atomic E-state index is 12.9. The van der Waals surface area contributed by atoms with E-state index in [9.17, 15) is 4.79 Å². The summed E-state index contributed by atoms with van der Waals surface area (Å²) in [6, 6.07) is 20.0. The van der Waals surface area contributed by atoms with Gasteiger partial charge >= 0.3 is 0 Å². The molecule has 1 heterocycles. The van der Waals surface area contributed by atoms with E-state index < -0.39 is 0 Å². The number of thioether (sulfide) groups is 1. The molecule has 4 heteroatoms. The highest BCUT2D eigenvalue weighted by atomic mass is 32.2. The van der Waals surface area contributed by atoms with Crippen molar-refractivity contribution in [2.75, 3.05) is 6.61 Å². The first-order valence-corrected chi connectivity index (χ1v) is 9.30. The number of carbonyl (C=O) groups excluding carboxylic acids is 1. The van der Waals surface area contributed by atoms with Crippen molar-refractivity contribution in [3.8, 4) is 0 Å². The third kappa shape index (κ3) is 4.40. The van der Waals surface area contributed by atoms with Crippen LogP contribution in [0.15, 0.2) is 65.6 Å². The van der Waals surface area contributed by atoms with Gasteiger partial charge < -0.3 is 10.1 Å². The van der Waals surface area contributed by atoms with Crippen LogP contribution in [0.1, 0.15) is 30.6 Å². The Hall–Kier alpha value is -1.78. The fraction of sp³-hybridized carbons (Fsp3) is 0.350. The van der Waals surface area contributed by atoms with E-state index in [1.165, 1.54) is 0 Å². The zero-order valence-corrected chi connectivity index (χ0v) is 14.7. The van der Waals surface area contributed by atoms with Crippen LogP contribution in [0.2, 0.25) is 0 Å². The van der Waals surface area contributed by atoms with E-state index >= 15 is 0 Å². The molecule has 0 aliphatic carbocycles. The molecule has 0 bridgehead atoms. The zero-order chi connectivity index (χ0) is 16.8. The minimum atomic E-state index is -0.266. The molecule has 0 aromatic heterocycles. The molecule has 2 aromatic rings. The number of nitrogens with one attached hydrogen (secondary N) is 1. The molecule has 0 radical (unpaired) electrons. The van der Waals surface area contributed by atoms with Gasteiger partial charge in [-0.15, -0.1) is 11.8 Å². The van der Waals surface area contributed by atoms with Gasteiger partial charge in [-0.05, 0) is 37.5 Å². The second-order valence-corrected chi connectivity index (χ2v) is 7.25. The SMILES string of the molecule is C[C@@H](NC(=O)[C@H](Sc1ccccc1)c1ccccc1)[C@H]1CCCO1. The largest absolute Gasteiger partial charge is 0.376 e. The van der Waals surface area contributed by atoms with Crippen molar-refractivity contribution < 1.29 is 9.53 Å². The summed E-state index contributed by atoms with van der Waals surface area (Å²) in [5, 5.41) is 2.89. The molecule has 1 aliphatic heterocycles. The predicted molar refractivity (Wildman–Crippen MR) is 98.1 cm³/mol. The average molecular weight is 341 g/mol. The summed E-state index contributed by atoms with van der Waals surface area (Å²) in [7, 11) is 0. The van der Waals surface area contributed by atoms with E-state index in [2.05, 4.69) is 5.32 Å². The van der Waals surface area contributed by atoms with E-state index in [0.29, 0.717) is 0 Å². The highest BCUT2D eigenvalue weighted by Gasteiger charge is 2.28. The van der Waals surface area contributed by atoms with E-state index in [1.807, 2.05) is 67.6 Å². The van der Waals surface area contributed by atoms with Crippen LogP contribution in [-0.4, -0.2) is 24.7 Å². The lowest BCUT2D eigenvalue weighted by Gasteiger charge is -2.23. The Labute approximate surface area is 147 Å². The average Bonchev–Trinajstić information content (AvgIpc) is 3.16. The number of benzene rings is 2. The van der Waals surface area contributed by atoms with E-state index in [-0.39, 0.29) is 23.3 Å². The lowest BCUT2D eigenvalue weighted by Crippen LogP contribution is -2.42. The summed E-state index contributed by atoms with van der Waals surface area (Å²) in [4.78, 5) is 14.0. The zero-order valence-electron chi connectivity index (χ0n) is 13.9. The number of rotatable bonds is 6. The lowest BCUT2D eigenvalue weighted by molar-refractivity contribution is -0.122. The van der Waals surface area contributed by atoms with E-state index in [0.717, 1.165) is 29.9 Å². The first-order valence-electron chi connectivity index (χ1n) is 8.42. The van der Waals surface area contributed by atoms with Crippen LogP contribution >= 0.6 is 11.8 Å². The molecule has 1 amide bonds. The molecule has 3 nitrogen and oxygen atoms in total. The lowest BCUT2D eigenvalue weighted by atomic mass is 10.1. The summed E-state index contributed by atoms with van der Waals surface area (Å²) in [6.45, 7) is 2.83. The topological polar surface area (TPSA) is 38.3 Å². The Bertz CT molecular complexity index is 641. The van der Waals surface area contributed by atoms with Gasteiger partial charge in [0, 0.05) is 11.5 Å². The van der Waals surface area contributed by atoms with Crippen LogP contribution in [0.4, 0.5) is 0 Å². The van der Waals surface area contributed by atoms with Gasteiger partial charge in [0.05, 0.1) is 12.1 Å². The molecular weight excluding hydrogens is 318 g/mol. The molecule has 1 aliphatic rings. The minimum absolute atomic E-state index is 0.0302. The van der Waals surface area contributed by atoms with Crippen molar-refractivity contribution >= 4 is 17.7 Å². The van der Waals surface area contributed by atoms with Gasteiger partial charge in [-0.1, -0.05) is 48.5 Å². The molecule has 24 heavy (non-hydrogen) atoms. The normalized spacial score (nSPS) is 19.6. The highest BCUT2D eigenvalue weighted by Crippen LogP contribution is 2.35. The van der Waals surface area contributed by atoms with Crippen LogP contribution in [0.25, 0.3) is 0 Å². The van der Waals surface area contributed by atoms with Gasteiger partial charge in [0.25, 0.3) is 0 Å². The van der Waals surface area contributed by atoms with Crippen molar-refractivity contribution in [3.63, 3.8) is 0 Å². The summed E-state index contributed by atoms with van der Waals surface area (Å²) in [6.07, 6.45) is 2.22. The van der Waals surface area contributed by atoms with Gasteiger partial charge in [-0.3, -0.25) is 4.79 Å². The number of ether oxygens (including phenoxy) is 1.